The van der Waals surface area contributed by atoms with E-state index in [0.29, 0.717) is 0 Å². The predicted molar refractivity (Wildman–Crippen MR) is 40.6 cm³/mol. The first-order chi connectivity index (χ1) is 4.95. The number of hydrogen-bond acceptors (Lipinski definition) is 1. The average Bonchev–Trinajstić information content (AvgIpc) is 2.60. The van der Waals surface area contributed by atoms with Crippen molar-refractivity contribution < 1.29 is 0 Å². The number of rotatable bonds is 0. The Balaban J connectivity index is 1.99. The molecule has 10 heavy (non-hydrogen) atoms. The second-order valence-electron chi connectivity index (χ2n) is 3.93. The molecule has 1 saturated carbocycles. The van der Waals surface area contributed by atoms with Gasteiger partial charge in [-0.2, -0.15) is 0 Å². The highest BCUT2D eigenvalue weighted by Gasteiger charge is 2.46. The van der Waals surface area contributed by atoms with Crippen LogP contribution in [0.3, 0.4) is 0 Å². The minimum absolute atomic E-state index is 0.949. The van der Waals surface area contributed by atoms with E-state index in [1.807, 2.05) is 0 Å². The van der Waals surface area contributed by atoms with E-state index >= 15 is 0 Å². The van der Waals surface area contributed by atoms with Gasteiger partial charge >= 0.3 is 0 Å². The van der Waals surface area contributed by atoms with Crippen LogP contribution in [0.2, 0.25) is 0 Å². The largest absolute Gasteiger partial charge is 0.316 e. The summed E-state index contributed by atoms with van der Waals surface area (Å²) in [4.78, 5) is 0. The second kappa shape index (κ2) is 1.65. The molecule has 1 heteroatoms. The van der Waals surface area contributed by atoms with E-state index in [-0.39, 0.29) is 0 Å². The van der Waals surface area contributed by atoms with Crippen LogP contribution in [0.15, 0.2) is 12.2 Å². The number of allylic oxidation sites excluding steroid dienone is 2. The molecular weight excluding hydrogens is 122 g/mol. The third-order valence-electron chi connectivity index (χ3n) is 3.56. The van der Waals surface area contributed by atoms with Gasteiger partial charge in [-0.1, -0.05) is 12.2 Å². The minimum Gasteiger partial charge on any atom is -0.316 e. The molecule has 0 amide bonds. The van der Waals surface area contributed by atoms with Crippen molar-refractivity contribution in [3.63, 3.8) is 0 Å². The predicted octanol–water partition coefficient (Wildman–Crippen LogP) is 1.03. The van der Waals surface area contributed by atoms with E-state index in [2.05, 4.69) is 17.5 Å². The lowest BCUT2D eigenvalue weighted by atomic mass is 9.86. The number of fused-ring (bicyclic) bond motifs is 5. The maximum Gasteiger partial charge on any atom is -0.00114 e. The van der Waals surface area contributed by atoms with Crippen LogP contribution in [0.4, 0.5) is 0 Å². The maximum absolute atomic E-state index is 3.49. The van der Waals surface area contributed by atoms with Crippen LogP contribution < -0.4 is 5.32 Å². The van der Waals surface area contributed by atoms with E-state index < -0.39 is 0 Å². The molecule has 1 N–H and O–H groups in total. The Morgan fingerprint density at radius 1 is 1.00 bits per heavy atom. The lowest BCUT2D eigenvalue weighted by Gasteiger charge is -2.17. The fourth-order valence-electron chi connectivity index (χ4n) is 3.05. The third kappa shape index (κ3) is 0.485. The molecule has 2 bridgehead atoms. The molecule has 1 aliphatic heterocycles. The summed E-state index contributed by atoms with van der Waals surface area (Å²) < 4.78 is 0. The van der Waals surface area contributed by atoms with Crippen LogP contribution in [0.25, 0.3) is 0 Å². The van der Waals surface area contributed by atoms with Crippen molar-refractivity contribution in [1.29, 1.82) is 0 Å². The van der Waals surface area contributed by atoms with Crippen LogP contribution in [-0.4, -0.2) is 13.1 Å². The van der Waals surface area contributed by atoms with Gasteiger partial charge in [0.2, 0.25) is 0 Å². The monoisotopic (exact) mass is 135 g/mol. The summed E-state index contributed by atoms with van der Waals surface area (Å²) in [5.74, 6) is 3.92. The fraction of sp³-hybridized carbons (Fsp3) is 0.778. The van der Waals surface area contributed by atoms with Crippen LogP contribution in [0, 0.1) is 23.7 Å². The first-order valence-corrected chi connectivity index (χ1v) is 4.34. The minimum atomic E-state index is 0.949. The van der Waals surface area contributed by atoms with Gasteiger partial charge < -0.3 is 5.32 Å². The first-order valence-electron chi connectivity index (χ1n) is 4.34. The highest BCUT2D eigenvalue weighted by atomic mass is 14.9. The Kier molecular flexibility index (Phi) is 0.883. The summed E-state index contributed by atoms with van der Waals surface area (Å²) >= 11 is 0. The van der Waals surface area contributed by atoms with Gasteiger partial charge in [0.05, 0.1) is 0 Å². The summed E-state index contributed by atoms with van der Waals surface area (Å²) in [6.45, 7) is 2.58. The zero-order chi connectivity index (χ0) is 6.55. The lowest BCUT2D eigenvalue weighted by Crippen LogP contribution is -2.16. The number of hydrogen-bond donors (Lipinski definition) is 1. The highest BCUT2D eigenvalue weighted by molar-refractivity contribution is 5.15. The van der Waals surface area contributed by atoms with E-state index in [1.165, 1.54) is 19.5 Å². The van der Waals surface area contributed by atoms with E-state index in [0.717, 1.165) is 23.7 Å². The van der Waals surface area contributed by atoms with Crippen LogP contribution in [0.5, 0.6) is 0 Å². The van der Waals surface area contributed by atoms with Gasteiger partial charge in [0, 0.05) is 0 Å². The maximum atomic E-state index is 3.49. The molecule has 0 unspecified atom stereocenters. The second-order valence-corrected chi connectivity index (χ2v) is 3.93. The van der Waals surface area contributed by atoms with E-state index in [9.17, 15) is 0 Å². The lowest BCUT2D eigenvalue weighted by molar-refractivity contribution is 0.395. The molecule has 4 atom stereocenters. The molecule has 0 aromatic carbocycles. The zero-order valence-corrected chi connectivity index (χ0v) is 6.09. The van der Waals surface area contributed by atoms with Gasteiger partial charge in [0.1, 0.15) is 0 Å². The summed E-state index contributed by atoms with van der Waals surface area (Å²) in [5.41, 5.74) is 0. The van der Waals surface area contributed by atoms with Gasteiger partial charge in [-0.05, 0) is 43.2 Å². The molecule has 2 fully saturated rings. The molecule has 0 aromatic rings. The molecular formula is C9H13N. The Hall–Kier alpha value is -0.300. The molecule has 1 saturated heterocycles. The van der Waals surface area contributed by atoms with E-state index in [1.54, 1.807) is 0 Å². The quantitative estimate of drug-likeness (QED) is 0.489. The Labute approximate surface area is 61.5 Å². The van der Waals surface area contributed by atoms with Crippen molar-refractivity contribution in [2.45, 2.75) is 6.42 Å². The summed E-state index contributed by atoms with van der Waals surface area (Å²) in [5, 5.41) is 3.49. The third-order valence-corrected chi connectivity index (χ3v) is 3.56. The summed E-state index contributed by atoms with van der Waals surface area (Å²) in [6, 6.07) is 0. The summed E-state index contributed by atoms with van der Waals surface area (Å²) in [7, 11) is 0. The molecule has 54 valence electrons. The van der Waals surface area contributed by atoms with Gasteiger partial charge in [0.15, 0.2) is 0 Å². The van der Waals surface area contributed by atoms with Crippen molar-refractivity contribution in [2.75, 3.05) is 13.1 Å². The van der Waals surface area contributed by atoms with Gasteiger partial charge in [-0.3, -0.25) is 0 Å². The molecule has 1 nitrogen and oxygen atoms in total. The summed E-state index contributed by atoms with van der Waals surface area (Å²) in [6.07, 6.45) is 6.36. The smallest absolute Gasteiger partial charge is 0.00114 e. The molecule has 2 aliphatic carbocycles. The molecule has 1 heterocycles. The van der Waals surface area contributed by atoms with Gasteiger partial charge in [0.25, 0.3) is 0 Å². The van der Waals surface area contributed by atoms with Crippen molar-refractivity contribution in [3.05, 3.63) is 12.2 Å². The van der Waals surface area contributed by atoms with Crippen LogP contribution in [0.1, 0.15) is 6.42 Å². The number of nitrogens with one attached hydrogen (secondary N) is 1. The van der Waals surface area contributed by atoms with Crippen molar-refractivity contribution in [2.24, 2.45) is 23.7 Å². The Morgan fingerprint density at radius 2 is 1.60 bits per heavy atom. The first kappa shape index (κ1) is 5.36. The Morgan fingerprint density at radius 3 is 2.20 bits per heavy atom. The van der Waals surface area contributed by atoms with Crippen molar-refractivity contribution in [3.8, 4) is 0 Å². The molecule has 0 aromatic heterocycles. The van der Waals surface area contributed by atoms with E-state index in [4.69, 9.17) is 0 Å². The Bertz CT molecular complexity index is 167. The molecule has 3 rings (SSSR count). The van der Waals surface area contributed by atoms with Crippen molar-refractivity contribution >= 4 is 0 Å². The van der Waals surface area contributed by atoms with Crippen LogP contribution >= 0.6 is 0 Å². The van der Waals surface area contributed by atoms with Crippen LogP contribution in [-0.2, 0) is 0 Å². The molecule has 0 radical (unpaired) electrons. The highest BCUT2D eigenvalue weighted by Crippen LogP contribution is 2.49. The van der Waals surface area contributed by atoms with Gasteiger partial charge in [-0.25, -0.2) is 0 Å². The zero-order valence-electron chi connectivity index (χ0n) is 6.09. The SMILES string of the molecule is C1=C[C@H]2C[C@H]1[C@H]1CNC[C@@H]12. The normalized spacial score (nSPS) is 56.0. The van der Waals surface area contributed by atoms with Crippen molar-refractivity contribution in [1.82, 2.24) is 5.32 Å². The standard InChI is InChI=1S/C9H13N/c1-2-7-3-6(1)8-4-10-5-9(7)8/h1-2,6-10H,3-5H2/t6-,7-,8+,9+/m0/s1. The average molecular weight is 135 g/mol. The fourth-order valence-corrected chi connectivity index (χ4v) is 3.05. The topological polar surface area (TPSA) is 12.0 Å². The van der Waals surface area contributed by atoms with Gasteiger partial charge in [-0.15, -0.1) is 0 Å². The molecule has 0 spiro atoms. The molecule has 3 aliphatic rings.